The minimum Gasteiger partial charge on any atom is -0.384 e. The topological polar surface area (TPSA) is 113 Å². The van der Waals surface area contributed by atoms with Gasteiger partial charge >= 0.3 is 0 Å². The van der Waals surface area contributed by atoms with Crippen molar-refractivity contribution in [3.05, 3.63) is 78.6 Å². The molecule has 29 heavy (non-hydrogen) atoms. The maximum absolute atomic E-state index is 12.8. The molecule has 0 aliphatic heterocycles. The number of nitrogens with zero attached hydrogens (tertiary/aromatic N) is 1. The van der Waals surface area contributed by atoms with Gasteiger partial charge in [0.25, 0.3) is 0 Å². The highest BCUT2D eigenvalue weighted by atomic mass is 16.5. The monoisotopic (exact) mass is 389 g/mol. The van der Waals surface area contributed by atoms with E-state index in [0.717, 1.165) is 11.1 Å². The van der Waals surface area contributed by atoms with Gasteiger partial charge < -0.3 is 21.1 Å². The lowest BCUT2D eigenvalue weighted by Crippen LogP contribution is -2.38. The molecule has 0 unspecified atom stereocenters. The van der Waals surface area contributed by atoms with E-state index in [-0.39, 0.29) is 18.3 Å². The van der Waals surface area contributed by atoms with Crippen LogP contribution in [0.4, 0.5) is 11.4 Å². The highest BCUT2D eigenvalue weighted by molar-refractivity contribution is 5.98. The standard InChI is InChI=1S/C22H23N5O2/c1-29-14-20(26-19-4-2-3-17(13-19)21(23)24)22(28)27-18-7-5-15(6-8-18)16-9-11-25-12-10-16/h2-13,20,26H,14H2,1H3,(H3,23,24)(H,27,28)/t20-/m0/s1. The van der Waals surface area contributed by atoms with Gasteiger partial charge in [-0.3, -0.25) is 15.2 Å². The smallest absolute Gasteiger partial charge is 0.249 e. The third kappa shape index (κ3) is 5.40. The quantitative estimate of drug-likeness (QED) is 0.349. The van der Waals surface area contributed by atoms with Crippen molar-refractivity contribution in [2.75, 3.05) is 24.4 Å². The Morgan fingerprint density at radius 2 is 1.76 bits per heavy atom. The molecule has 1 aromatic heterocycles. The number of pyridine rings is 1. The van der Waals surface area contributed by atoms with E-state index in [0.29, 0.717) is 16.9 Å². The van der Waals surface area contributed by atoms with Gasteiger partial charge in [-0.2, -0.15) is 0 Å². The predicted octanol–water partition coefficient (Wildman–Crippen LogP) is 3.10. The number of carbonyl (C=O) groups is 1. The van der Waals surface area contributed by atoms with Crippen LogP contribution < -0.4 is 16.4 Å². The molecule has 1 amide bonds. The maximum atomic E-state index is 12.8. The number of nitrogens with one attached hydrogen (secondary N) is 3. The Hall–Kier alpha value is -3.71. The summed E-state index contributed by atoms with van der Waals surface area (Å²) in [5.74, 6) is -0.257. The molecule has 3 rings (SSSR count). The fourth-order valence-corrected chi connectivity index (χ4v) is 2.85. The summed E-state index contributed by atoms with van der Waals surface area (Å²) in [6, 6.07) is 17.9. The van der Waals surface area contributed by atoms with Crippen LogP contribution in [-0.2, 0) is 9.53 Å². The number of aromatic nitrogens is 1. The van der Waals surface area contributed by atoms with Crippen molar-refractivity contribution < 1.29 is 9.53 Å². The molecule has 148 valence electrons. The SMILES string of the molecule is COC[C@H](Nc1cccc(C(=N)N)c1)C(=O)Nc1ccc(-c2ccncc2)cc1. The van der Waals surface area contributed by atoms with Gasteiger partial charge in [-0.15, -0.1) is 0 Å². The molecule has 3 aromatic rings. The number of methoxy groups -OCH3 is 1. The second kappa shape index (κ2) is 9.48. The molecule has 0 saturated heterocycles. The molecule has 0 radical (unpaired) electrons. The van der Waals surface area contributed by atoms with Crippen molar-refractivity contribution in [1.82, 2.24) is 4.98 Å². The van der Waals surface area contributed by atoms with Crippen molar-refractivity contribution in [2.45, 2.75) is 6.04 Å². The third-order valence-electron chi connectivity index (χ3n) is 4.33. The second-order valence-corrected chi connectivity index (χ2v) is 6.45. The van der Waals surface area contributed by atoms with Crippen LogP contribution in [0.25, 0.3) is 11.1 Å². The second-order valence-electron chi connectivity index (χ2n) is 6.45. The first kappa shape index (κ1) is 20.0. The van der Waals surface area contributed by atoms with Gasteiger partial charge in [0.2, 0.25) is 5.91 Å². The zero-order valence-electron chi connectivity index (χ0n) is 16.1. The van der Waals surface area contributed by atoms with E-state index in [9.17, 15) is 4.79 Å². The fourth-order valence-electron chi connectivity index (χ4n) is 2.85. The van der Waals surface area contributed by atoms with Crippen LogP contribution in [0.15, 0.2) is 73.1 Å². The lowest BCUT2D eigenvalue weighted by molar-refractivity contribution is -0.117. The van der Waals surface area contributed by atoms with Gasteiger partial charge in [-0.05, 0) is 47.5 Å². The van der Waals surface area contributed by atoms with Crippen molar-refractivity contribution in [3.8, 4) is 11.1 Å². The number of hydrogen-bond acceptors (Lipinski definition) is 5. The van der Waals surface area contributed by atoms with Gasteiger partial charge in [-0.1, -0.05) is 24.3 Å². The molecular formula is C22H23N5O2. The summed E-state index contributed by atoms with van der Waals surface area (Å²) in [6.07, 6.45) is 3.49. The van der Waals surface area contributed by atoms with Gasteiger partial charge in [0, 0.05) is 36.4 Å². The molecule has 1 heterocycles. The van der Waals surface area contributed by atoms with Gasteiger partial charge in [0.1, 0.15) is 11.9 Å². The molecule has 0 saturated carbocycles. The van der Waals surface area contributed by atoms with E-state index in [2.05, 4.69) is 15.6 Å². The van der Waals surface area contributed by atoms with Crippen LogP contribution >= 0.6 is 0 Å². The first-order valence-corrected chi connectivity index (χ1v) is 9.08. The number of nitrogen functional groups attached to an aromatic ring is 1. The molecule has 0 fully saturated rings. The van der Waals surface area contributed by atoms with Crippen molar-refractivity contribution in [3.63, 3.8) is 0 Å². The third-order valence-corrected chi connectivity index (χ3v) is 4.33. The number of nitrogens with two attached hydrogens (primary N) is 1. The van der Waals surface area contributed by atoms with Crippen LogP contribution in [0.2, 0.25) is 0 Å². The summed E-state index contributed by atoms with van der Waals surface area (Å²) in [7, 11) is 1.54. The number of anilines is 2. The summed E-state index contributed by atoms with van der Waals surface area (Å²) in [4.78, 5) is 16.8. The van der Waals surface area contributed by atoms with E-state index in [1.165, 1.54) is 7.11 Å². The Balaban J connectivity index is 1.69. The van der Waals surface area contributed by atoms with Crippen LogP contribution in [0.3, 0.4) is 0 Å². The Morgan fingerprint density at radius 1 is 1.07 bits per heavy atom. The molecule has 0 bridgehead atoms. The van der Waals surface area contributed by atoms with Crippen LogP contribution in [-0.4, -0.2) is 36.5 Å². The van der Waals surface area contributed by atoms with Crippen LogP contribution in [0.5, 0.6) is 0 Å². The largest absolute Gasteiger partial charge is 0.384 e. The molecule has 0 aliphatic carbocycles. The number of hydrogen-bond donors (Lipinski definition) is 4. The van der Waals surface area contributed by atoms with Crippen molar-refractivity contribution in [1.29, 1.82) is 5.41 Å². The molecule has 1 atom stereocenters. The summed E-state index contributed by atoms with van der Waals surface area (Å²) >= 11 is 0. The van der Waals surface area contributed by atoms with Crippen molar-refractivity contribution >= 4 is 23.1 Å². The lowest BCUT2D eigenvalue weighted by atomic mass is 10.1. The van der Waals surface area contributed by atoms with Crippen molar-refractivity contribution in [2.24, 2.45) is 5.73 Å². The average Bonchev–Trinajstić information content (AvgIpc) is 2.75. The Labute approximate surface area is 169 Å². The molecule has 0 spiro atoms. The number of amidine groups is 1. The first-order valence-electron chi connectivity index (χ1n) is 9.08. The highest BCUT2D eigenvalue weighted by Gasteiger charge is 2.19. The lowest BCUT2D eigenvalue weighted by Gasteiger charge is -2.19. The van der Waals surface area contributed by atoms with E-state index in [4.69, 9.17) is 15.9 Å². The summed E-state index contributed by atoms with van der Waals surface area (Å²) < 4.78 is 5.19. The molecule has 2 aromatic carbocycles. The first-order chi connectivity index (χ1) is 14.1. The van der Waals surface area contributed by atoms with E-state index in [1.807, 2.05) is 42.5 Å². The average molecular weight is 389 g/mol. The molecule has 5 N–H and O–H groups in total. The van der Waals surface area contributed by atoms with E-state index in [1.54, 1.807) is 30.6 Å². The number of ether oxygens (including phenoxy) is 1. The fraction of sp³-hybridized carbons (Fsp3) is 0.136. The number of carbonyl (C=O) groups excluding carboxylic acids is 1. The Kier molecular flexibility index (Phi) is 6.55. The van der Waals surface area contributed by atoms with Gasteiger partial charge in [-0.25, -0.2) is 0 Å². The van der Waals surface area contributed by atoms with E-state index >= 15 is 0 Å². The minimum absolute atomic E-state index is 0.0318. The predicted molar refractivity (Wildman–Crippen MR) is 115 cm³/mol. The maximum Gasteiger partial charge on any atom is 0.249 e. The number of amides is 1. The summed E-state index contributed by atoms with van der Waals surface area (Å²) in [5.41, 5.74) is 9.59. The number of benzene rings is 2. The molecular weight excluding hydrogens is 366 g/mol. The van der Waals surface area contributed by atoms with Gasteiger partial charge in [0.05, 0.1) is 6.61 Å². The highest BCUT2D eigenvalue weighted by Crippen LogP contribution is 2.21. The molecule has 7 nitrogen and oxygen atoms in total. The zero-order valence-corrected chi connectivity index (χ0v) is 16.1. The Morgan fingerprint density at radius 3 is 2.41 bits per heavy atom. The van der Waals surface area contributed by atoms with Crippen LogP contribution in [0, 0.1) is 5.41 Å². The summed E-state index contributed by atoms with van der Waals surface area (Å²) in [6.45, 7) is 0.186. The normalized spacial score (nSPS) is 11.5. The molecule has 7 heteroatoms. The minimum atomic E-state index is -0.609. The van der Waals surface area contributed by atoms with Crippen LogP contribution in [0.1, 0.15) is 5.56 Å². The molecule has 0 aliphatic rings. The van der Waals surface area contributed by atoms with Gasteiger partial charge in [0.15, 0.2) is 0 Å². The Bertz CT molecular complexity index is 974. The summed E-state index contributed by atoms with van der Waals surface area (Å²) in [5, 5.41) is 13.6. The number of rotatable bonds is 8. The zero-order chi connectivity index (χ0) is 20.6. The van der Waals surface area contributed by atoms with E-state index < -0.39 is 6.04 Å².